The maximum atomic E-state index is 13.1. The molecule has 0 aliphatic carbocycles. The van der Waals surface area contributed by atoms with E-state index in [1.165, 1.54) is 11.8 Å². The molecule has 1 saturated heterocycles. The lowest BCUT2D eigenvalue weighted by atomic mass is 9.96. The van der Waals surface area contributed by atoms with Crippen molar-refractivity contribution in [2.75, 3.05) is 30.8 Å². The summed E-state index contributed by atoms with van der Waals surface area (Å²) in [6.07, 6.45) is 1.40. The van der Waals surface area contributed by atoms with E-state index in [9.17, 15) is 14.4 Å². The molecule has 2 heterocycles. The molecule has 162 valence electrons. The van der Waals surface area contributed by atoms with Crippen molar-refractivity contribution in [1.29, 1.82) is 0 Å². The van der Waals surface area contributed by atoms with Crippen molar-refractivity contribution in [3.05, 3.63) is 48.0 Å². The van der Waals surface area contributed by atoms with E-state index in [0.29, 0.717) is 37.4 Å². The Morgan fingerprint density at radius 2 is 2.03 bits per heavy atom. The largest absolute Gasteiger partial charge is 0.495 e. The molecule has 0 bridgehead atoms. The zero-order chi connectivity index (χ0) is 22.0. The molecule has 0 radical (unpaired) electrons. The second-order valence-electron chi connectivity index (χ2n) is 7.80. The van der Waals surface area contributed by atoms with E-state index in [4.69, 9.17) is 4.74 Å². The SMILES string of the molecule is COc1ccc(C)cc1NC(=O)[C@H]1CCCN(C(=O)[C@@H]2Sc3ccccc3NC2=O)C1. The number of carbonyl (C=O) groups is 3. The number of ether oxygens (including phenoxy) is 1. The van der Waals surface area contributed by atoms with Crippen LogP contribution in [0, 0.1) is 12.8 Å². The summed E-state index contributed by atoms with van der Waals surface area (Å²) in [6.45, 7) is 2.79. The molecule has 0 unspecified atom stereocenters. The molecule has 1 fully saturated rings. The van der Waals surface area contributed by atoms with Crippen LogP contribution in [0.15, 0.2) is 47.4 Å². The van der Waals surface area contributed by atoms with Crippen LogP contribution in [0.3, 0.4) is 0 Å². The number of aryl methyl sites for hydroxylation is 1. The number of thioether (sulfide) groups is 1. The number of benzene rings is 2. The molecule has 31 heavy (non-hydrogen) atoms. The molecule has 2 aromatic carbocycles. The zero-order valence-electron chi connectivity index (χ0n) is 17.5. The van der Waals surface area contributed by atoms with Crippen molar-refractivity contribution >= 4 is 40.9 Å². The lowest BCUT2D eigenvalue weighted by molar-refractivity contribution is -0.136. The van der Waals surface area contributed by atoms with Crippen molar-refractivity contribution in [2.45, 2.75) is 29.9 Å². The maximum Gasteiger partial charge on any atom is 0.247 e. The van der Waals surface area contributed by atoms with Crippen LogP contribution in [0.1, 0.15) is 18.4 Å². The van der Waals surface area contributed by atoms with Gasteiger partial charge in [-0.1, -0.05) is 18.2 Å². The van der Waals surface area contributed by atoms with Crippen LogP contribution in [0.25, 0.3) is 0 Å². The highest BCUT2D eigenvalue weighted by atomic mass is 32.2. The Hall–Kier alpha value is -3.00. The predicted molar refractivity (Wildman–Crippen MR) is 120 cm³/mol. The molecule has 2 N–H and O–H groups in total. The fraction of sp³-hybridized carbons (Fsp3) is 0.348. The Morgan fingerprint density at radius 1 is 1.23 bits per heavy atom. The third-order valence-corrected chi connectivity index (χ3v) is 6.83. The Kier molecular flexibility index (Phi) is 6.18. The third-order valence-electron chi connectivity index (χ3n) is 5.57. The van der Waals surface area contributed by atoms with Gasteiger partial charge in [0.15, 0.2) is 5.25 Å². The lowest BCUT2D eigenvalue weighted by Crippen LogP contribution is -2.50. The molecular weight excluding hydrogens is 414 g/mol. The number of nitrogens with zero attached hydrogens (tertiary/aromatic N) is 1. The van der Waals surface area contributed by atoms with Crippen molar-refractivity contribution in [3.8, 4) is 5.75 Å². The highest BCUT2D eigenvalue weighted by molar-refractivity contribution is 8.01. The van der Waals surface area contributed by atoms with Crippen LogP contribution >= 0.6 is 11.8 Å². The molecule has 2 aliphatic rings. The Balaban J connectivity index is 1.44. The average Bonchev–Trinajstić information content (AvgIpc) is 2.78. The van der Waals surface area contributed by atoms with Crippen LogP contribution < -0.4 is 15.4 Å². The second kappa shape index (κ2) is 9.01. The number of piperidine rings is 1. The third kappa shape index (κ3) is 4.54. The van der Waals surface area contributed by atoms with Crippen LogP contribution in [-0.2, 0) is 14.4 Å². The van der Waals surface area contributed by atoms with E-state index in [0.717, 1.165) is 16.1 Å². The average molecular weight is 440 g/mol. The van der Waals surface area contributed by atoms with Crippen LogP contribution in [-0.4, -0.2) is 48.1 Å². The van der Waals surface area contributed by atoms with Crippen molar-refractivity contribution in [2.24, 2.45) is 5.92 Å². The molecule has 3 amide bonds. The smallest absolute Gasteiger partial charge is 0.247 e. The van der Waals surface area contributed by atoms with Gasteiger partial charge in [-0.15, -0.1) is 11.8 Å². The highest BCUT2D eigenvalue weighted by Gasteiger charge is 2.38. The topological polar surface area (TPSA) is 87.7 Å². The van der Waals surface area contributed by atoms with E-state index in [-0.39, 0.29) is 23.6 Å². The Bertz CT molecular complexity index is 1030. The number of methoxy groups -OCH3 is 1. The summed E-state index contributed by atoms with van der Waals surface area (Å²) in [6, 6.07) is 13.0. The number of hydrogen-bond donors (Lipinski definition) is 2. The number of rotatable bonds is 4. The molecule has 0 spiro atoms. The Labute approximate surface area is 185 Å². The van der Waals surface area contributed by atoms with E-state index < -0.39 is 5.25 Å². The number of likely N-dealkylation sites (tertiary alicyclic amines) is 1. The van der Waals surface area contributed by atoms with Gasteiger partial charge in [-0.05, 0) is 49.6 Å². The first-order valence-electron chi connectivity index (χ1n) is 10.3. The number of para-hydroxylation sites is 1. The van der Waals surface area contributed by atoms with Gasteiger partial charge in [0.1, 0.15) is 5.75 Å². The van der Waals surface area contributed by atoms with Crippen LogP contribution in [0.5, 0.6) is 5.75 Å². The van der Waals surface area contributed by atoms with Gasteiger partial charge < -0.3 is 20.3 Å². The number of fused-ring (bicyclic) bond motifs is 1. The highest BCUT2D eigenvalue weighted by Crippen LogP contribution is 2.36. The molecule has 2 atom stereocenters. The van der Waals surface area contributed by atoms with Gasteiger partial charge >= 0.3 is 0 Å². The summed E-state index contributed by atoms with van der Waals surface area (Å²) in [7, 11) is 1.56. The number of nitrogens with one attached hydrogen (secondary N) is 2. The summed E-state index contributed by atoms with van der Waals surface area (Å²) >= 11 is 1.27. The molecule has 8 heteroatoms. The molecule has 2 aromatic rings. The maximum absolute atomic E-state index is 13.1. The molecule has 7 nitrogen and oxygen atoms in total. The normalized spacial score (nSPS) is 20.5. The van der Waals surface area contributed by atoms with Gasteiger partial charge in [-0.2, -0.15) is 0 Å². The second-order valence-corrected chi connectivity index (χ2v) is 8.95. The first-order valence-corrected chi connectivity index (χ1v) is 11.1. The quantitative estimate of drug-likeness (QED) is 0.714. The lowest BCUT2D eigenvalue weighted by Gasteiger charge is -2.35. The number of amides is 3. The van der Waals surface area contributed by atoms with Crippen molar-refractivity contribution in [3.63, 3.8) is 0 Å². The van der Waals surface area contributed by atoms with E-state index in [1.807, 2.05) is 49.4 Å². The fourth-order valence-corrected chi connectivity index (χ4v) is 5.00. The van der Waals surface area contributed by atoms with Gasteiger partial charge in [0, 0.05) is 18.0 Å². The predicted octanol–water partition coefficient (Wildman–Crippen LogP) is 3.29. The summed E-state index contributed by atoms with van der Waals surface area (Å²) in [5.41, 5.74) is 2.36. The summed E-state index contributed by atoms with van der Waals surface area (Å²) in [5, 5.41) is 4.92. The van der Waals surface area contributed by atoms with Gasteiger partial charge in [0.25, 0.3) is 0 Å². The van der Waals surface area contributed by atoms with Crippen molar-refractivity contribution in [1.82, 2.24) is 4.90 Å². The van der Waals surface area contributed by atoms with Crippen LogP contribution in [0.2, 0.25) is 0 Å². The minimum atomic E-state index is -0.839. The van der Waals surface area contributed by atoms with Gasteiger partial charge in [-0.3, -0.25) is 14.4 Å². The first kappa shape index (κ1) is 21.2. The van der Waals surface area contributed by atoms with E-state index in [1.54, 1.807) is 12.0 Å². The van der Waals surface area contributed by atoms with Crippen molar-refractivity contribution < 1.29 is 19.1 Å². The summed E-state index contributed by atoms with van der Waals surface area (Å²) < 4.78 is 5.34. The Morgan fingerprint density at radius 3 is 2.84 bits per heavy atom. The zero-order valence-corrected chi connectivity index (χ0v) is 18.3. The van der Waals surface area contributed by atoms with E-state index >= 15 is 0 Å². The minimum absolute atomic E-state index is 0.146. The monoisotopic (exact) mass is 439 g/mol. The fourth-order valence-electron chi connectivity index (χ4n) is 3.93. The molecular formula is C23H25N3O4S. The number of anilines is 2. The van der Waals surface area contributed by atoms with Gasteiger partial charge in [-0.25, -0.2) is 0 Å². The molecule has 4 rings (SSSR count). The number of carbonyl (C=O) groups excluding carboxylic acids is 3. The molecule has 2 aliphatic heterocycles. The summed E-state index contributed by atoms with van der Waals surface area (Å²) in [4.78, 5) is 41.1. The van der Waals surface area contributed by atoms with E-state index in [2.05, 4.69) is 10.6 Å². The molecule has 0 aromatic heterocycles. The first-order chi connectivity index (χ1) is 15.0. The molecule has 0 saturated carbocycles. The minimum Gasteiger partial charge on any atom is -0.495 e. The van der Waals surface area contributed by atoms with Gasteiger partial charge in [0.05, 0.1) is 24.4 Å². The summed E-state index contributed by atoms with van der Waals surface area (Å²) in [5.74, 6) is -0.455. The standard InChI is InChI=1S/C23H25N3O4S/c1-14-9-10-18(30-2)17(12-14)25-21(27)15-6-5-11-26(13-15)23(29)20-22(28)24-16-7-3-4-8-19(16)31-20/h3-4,7-10,12,15,20H,5-6,11,13H2,1-2H3,(H,24,28)(H,25,27)/t15-,20+/m0/s1. The van der Waals surface area contributed by atoms with Crippen LogP contribution in [0.4, 0.5) is 11.4 Å². The number of hydrogen-bond acceptors (Lipinski definition) is 5. The van der Waals surface area contributed by atoms with Gasteiger partial charge in [0.2, 0.25) is 17.7 Å².